The van der Waals surface area contributed by atoms with Crippen LogP contribution in [0.3, 0.4) is 0 Å². The largest absolute Gasteiger partial charge is 0.389 e. The first-order valence-electron chi connectivity index (χ1n) is 5.88. The summed E-state index contributed by atoms with van der Waals surface area (Å²) in [6.45, 7) is 2.35. The van der Waals surface area contributed by atoms with Crippen LogP contribution in [-0.4, -0.2) is 45.5 Å². The summed E-state index contributed by atoms with van der Waals surface area (Å²) in [7, 11) is 0. The van der Waals surface area contributed by atoms with Gasteiger partial charge in [0, 0.05) is 4.88 Å². The molecule has 0 saturated carbocycles. The zero-order valence-corrected chi connectivity index (χ0v) is 11.1. The van der Waals surface area contributed by atoms with Gasteiger partial charge in [0.25, 0.3) is 5.91 Å². The standard InChI is InChI=1S/C12H13N3O3S/c1-7-2-3-11(19-7)9-4-10(14-13-9)12(17)15-5-8(16)6-18-15/h2-4,8,16H,5-6H2,1H3,(H,13,14)/t8-/m0/s1. The van der Waals surface area contributed by atoms with Gasteiger partial charge < -0.3 is 5.11 Å². The van der Waals surface area contributed by atoms with Crippen molar-refractivity contribution in [3.05, 3.63) is 28.8 Å². The van der Waals surface area contributed by atoms with Gasteiger partial charge in [-0.1, -0.05) is 0 Å². The van der Waals surface area contributed by atoms with E-state index >= 15 is 0 Å². The Kier molecular flexibility index (Phi) is 3.09. The molecule has 2 aromatic heterocycles. The molecular weight excluding hydrogens is 266 g/mol. The lowest BCUT2D eigenvalue weighted by Crippen LogP contribution is -2.28. The molecule has 1 amide bonds. The molecule has 1 aliphatic rings. The third-order valence-electron chi connectivity index (χ3n) is 2.83. The van der Waals surface area contributed by atoms with Crippen LogP contribution >= 0.6 is 11.3 Å². The van der Waals surface area contributed by atoms with Gasteiger partial charge in [-0.3, -0.25) is 14.7 Å². The van der Waals surface area contributed by atoms with Crippen molar-refractivity contribution in [3.8, 4) is 10.6 Å². The average Bonchev–Trinajstić information content (AvgIpc) is 3.07. The first-order chi connectivity index (χ1) is 9.13. The number of nitrogens with zero attached hydrogens (tertiary/aromatic N) is 2. The molecule has 0 aliphatic carbocycles. The smallest absolute Gasteiger partial charge is 0.298 e. The van der Waals surface area contributed by atoms with E-state index < -0.39 is 6.10 Å². The Morgan fingerprint density at radius 2 is 2.47 bits per heavy atom. The van der Waals surface area contributed by atoms with Crippen molar-refractivity contribution in [1.29, 1.82) is 0 Å². The maximum absolute atomic E-state index is 12.1. The highest BCUT2D eigenvalue weighted by Gasteiger charge is 2.28. The van der Waals surface area contributed by atoms with Crippen molar-refractivity contribution >= 4 is 17.2 Å². The number of hydrogen-bond donors (Lipinski definition) is 2. The molecule has 6 nitrogen and oxygen atoms in total. The zero-order valence-electron chi connectivity index (χ0n) is 10.3. The van der Waals surface area contributed by atoms with E-state index in [1.165, 1.54) is 4.88 Å². The third kappa shape index (κ3) is 2.40. The summed E-state index contributed by atoms with van der Waals surface area (Å²) in [6, 6.07) is 5.70. The molecule has 100 valence electrons. The van der Waals surface area contributed by atoms with Crippen molar-refractivity contribution in [1.82, 2.24) is 15.3 Å². The van der Waals surface area contributed by atoms with Crippen LogP contribution in [0.2, 0.25) is 0 Å². The number of aliphatic hydroxyl groups is 1. The van der Waals surface area contributed by atoms with E-state index in [1.54, 1.807) is 17.4 Å². The van der Waals surface area contributed by atoms with Crippen LogP contribution in [0.5, 0.6) is 0 Å². The number of amides is 1. The lowest BCUT2D eigenvalue weighted by molar-refractivity contribution is -0.0783. The molecule has 1 atom stereocenters. The quantitative estimate of drug-likeness (QED) is 0.865. The topological polar surface area (TPSA) is 78.5 Å². The number of thiophene rings is 1. The van der Waals surface area contributed by atoms with Gasteiger partial charge in [0.1, 0.15) is 12.7 Å². The van der Waals surface area contributed by atoms with Crippen molar-refractivity contribution in [2.75, 3.05) is 13.2 Å². The van der Waals surface area contributed by atoms with Gasteiger partial charge in [0.05, 0.1) is 17.1 Å². The van der Waals surface area contributed by atoms with Gasteiger partial charge in [0.15, 0.2) is 5.69 Å². The Morgan fingerprint density at radius 1 is 1.63 bits per heavy atom. The van der Waals surface area contributed by atoms with Crippen LogP contribution in [0.25, 0.3) is 10.6 Å². The molecule has 0 unspecified atom stereocenters. The average molecular weight is 279 g/mol. The maximum Gasteiger partial charge on any atom is 0.298 e. The fourth-order valence-corrected chi connectivity index (χ4v) is 2.71. The molecule has 3 rings (SSSR count). The van der Waals surface area contributed by atoms with Crippen molar-refractivity contribution in [2.24, 2.45) is 0 Å². The summed E-state index contributed by atoms with van der Waals surface area (Å²) < 4.78 is 0. The molecule has 19 heavy (non-hydrogen) atoms. The minimum Gasteiger partial charge on any atom is -0.389 e. The number of aliphatic hydroxyl groups excluding tert-OH is 1. The van der Waals surface area contributed by atoms with E-state index in [2.05, 4.69) is 10.2 Å². The number of nitrogens with one attached hydrogen (secondary N) is 1. The van der Waals surface area contributed by atoms with E-state index in [0.29, 0.717) is 0 Å². The number of aromatic nitrogens is 2. The van der Waals surface area contributed by atoms with Crippen molar-refractivity contribution < 1.29 is 14.7 Å². The molecule has 2 aromatic rings. The normalized spacial score (nSPS) is 19.1. The Balaban J connectivity index is 1.79. The molecule has 0 bridgehead atoms. The van der Waals surface area contributed by atoms with Crippen LogP contribution in [0, 0.1) is 6.92 Å². The molecule has 1 aliphatic heterocycles. The Labute approximate surface area is 113 Å². The third-order valence-corrected chi connectivity index (χ3v) is 3.86. The fourth-order valence-electron chi connectivity index (χ4n) is 1.88. The van der Waals surface area contributed by atoms with Gasteiger partial charge in [-0.05, 0) is 25.1 Å². The highest BCUT2D eigenvalue weighted by atomic mass is 32.1. The molecule has 2 N–H and O–H groups in total. The fraction of sp³-hybridized carbons (Fsp3) is 0.333. The number of aryl methyl sites for hydroxylation is 1. The van der Waals surface area contributed by atoms with E-state index in [9.17, 15) is 9.90 Å². The molecule has 1 saturated heterocycles. The van der Waals surface area contributed by atoms with Gasteiger partial charge in [-0.25, -0.2) is 5.06 Å². The van der Waals surface area contributed by atoms with Crippen molar-refractivity contribution in [2.45, 2.75) is 13.0 Å². The number of carbonyl (C=O) groups excluding carboxylic acids is 1. The van der Waals surface area contributed by atoms with E-state index in [1.807, 2.05) is 19.1 Å². The van der Waals surface area contributed by atoms with E-state index in [-0.39, 0.29) is 24.8 Å². The van der Waals surface area contributed by atoms with Gasteiger partial charge >= 0.3 is 0 Å². The van der Waals surface area contributed by atoms with Crippen molar-refractivity contribution in [3.63, 3.8) is 0 Å². The zero-order chi connectivity index (χ0) is 13.4. The maximum atomic E-state index is 12.1. The number of aromatic amines is 1. The Bertz CT molecular complexity index is 607. The molecule has 0 spiro atoms. The molecule has 7 heteroatoms. The molecule has 0 aromatic carbocycles. The minimum absolute atomic E-state index is 0.146. The van der Waals surface area contributed by atoms with Crippen LogP contribution in [0.4, 0.5) is 0 Å². The highest BCUT2D eigenvalue weighted by molar-refractivity contribution is 7.15. The first-order valence-corrected chi connectivity index (χ1v) is 6.70. The number of carbonyl (C=O) groups is 1. The lowest BCUT2D eigenvalue weighted by atomic mass is 10.3. The van der Waals surface area contributed by atoms with Gasteiger partial charge in [-0.15, -0.1) is 11.3 Å². The number of H-pyrrole nitrogens is 1. The number of hydroxylamine groups is 2. The monoisotopic (exact) mass is 279 g/mol. The second-order valence-electron chi connectivity index (χ2n) is 4.39. The van der Waals surface area contributed by atoms with Crippen LogP contribution in [-0.2, 0) is 4.84 Å². The second-order valence-corrected chi connectivity index (χ2v) is 5.68. The molecule has 1 fully saturated rings. The Hall–Kier alpha value is -1.70. The number of hydrogen-bond acceptors (Lipinski definition) is 5. The summed E-state index contributed by atoms with van der Waals surface area (Å²) in [4.78, 5) is 19.4. The molecule has 0 radical (unpaired) electrons. The summed E-state index contributed by atoms with van der Waals surface area (Å²) in [5.74, 6) is -0.340. The highest BCUT2D eigenvalue weighted by Crippen LogP contribution is 2.26. The van der Waals surface area contributed by atoms with Crippen LogP contribution in [0.1, 0.15) is 15.4 Å². The molecule has 3 heterocycles. The number of rotatable bonds is 2. The first kappa shape index (κ1) is 12.3. The minimum atomic E-state index is -0.623. The van der Waals surface area contributed by atoms with E-state index in [0.717, 1.165) is 15.6 Å². The summed E-state index contributed by atoms with van der Waals surface area (Å²) in [5.41, 5.74) is 1.09. The van der Waals surface area contributed by atoms with Gasteiger partial charge in [0.2, 0.25) is 0 Å². The summed E-state index contributed by atoms with van der Waals surface area (Å²) >= 11 is 1.63. The Morgan fingerprint density at radius 3 is 3.11 bits per heavy atom. The molecular formula is C12H13N3O3S. The predicted octanol–water partition coefficient (Wildman–Crippen LogP) is 1.19. The van der Waals surface area contributed by atoms with Crippen LogP contribution < -0.4 is 0 Å². The predicted molar refractivity (Wildman–Crippen MR) is 69.6 cm³/mol. The summed E-state index contributed by atoms with van der Waals surface area (Å²) in [5, 5.41) is 17.3. The SMILES string of the molecule is Cc1ccc(-c2cc(C(=O)N3C[C@H](O)CO3)n[nH]2)s1. The van der Waals surface area contributed by atoms with Gasteiger partial charge in [-0.2, -0.15) is 5.10 Å². The van der Waals surface area contributed by atoms with E-state index in [4.69, 9.17) is 4.84 Å². The lowest BCUT2D eigenvalue weighted by Gasteiger charge is -2.11. The second kappa shape index (κ2) is 4.76. The van der Waals surface area contributed by atoms with Crippen LogP contribution in [0.15, 0.2) is 18.2 Å². The summed E-state index contributed by atoms with van der Waals surface area (Å²) in [6.07, 6.45) is -0.623. The number of β-amino-alcohol motifs (C(OH)–C–C–N with tert-alkyl or cyclic N) is 1.